The van der Waals surface area contributed by atoms with Crippen LogP contribution in [0.4, 0.5) is 0 Å². The maximum Gasteiger partial charge on any atom is 0.307 e. The Kier molecular flexibility index (Phi) is 3.40. The van der Waals surface area contributed by atoms with Gasteiger partial charge in [-0.15, -0.1) is 0 Å². The molecule has 1 rings (SSSR count). The van der Waals surface area contributed by atoms with Crippen LogP contribution < -0.4 is 5.73 Å². The summed E-state index contributed by atoms with van der Waals surface area (Å²) < 4.78 is 4.59. The summed E-state index contributed by atoms with van der Waals surface area (Å²) in [5.41, 5.74) is 5.73. The average Bonchev–Trinajstić information content (AvgIpc) is 2.05. The first-order valence-electron chi connectivity index (χ1n) is 4.10. The summed E-state index contributed by atoms with van der Waals surface area (Å²) in [6, 6.07) is 0. The predicted molar refractivity (Wildman–Crippen MR) is 50.1 cm³/mol. The number of thioether (sulfide) groups is 1. The molecule has 1 heterocycles. The van der Waals surface area contributed by atoms with Crippen LogP contribution in [0.5, 0.6) is 0 Å². The number of esters is 1. The second-order valence-corrected chi connectivity index (χ2v) is 4.45. The lowest BCUT2D eigenvalue weighted by atomic mass is 9.90. The summed E-state index contributed by atoms with van der Waals surface area (Å²) in [7, 11) is 1.41. The zero-order valence-corrected chi connectivity index (χ0v) is 8.15. The van der Waals surface area contributed by atoms with Crippen molar-refractivity contribution in [3.8, 4) is 0 Å². The van der Waals surface area contributed by atoms with Crippen molar-refractivity contribution < 1.29 is 9.53 Å². The molecule has 1 fully saturated rings. The number of hydrogen-bond donors (Lipinski definition) is 1. The van der Waals surface area contributed by atoms with Gasteiger partial charge in [-0.3, -0.25) is 4.79 Å². The van der Waals surface area contributed by atoms with E-state index in [0.717, 1.165) is 24.3 Å². The molecule has 0 atom stereocenters. The number of rotatable bonds is 2. The molecule has 0 aromatic carbocycles. The molecule has 12 heavy (non-hydrogen) atoms. The predicted octanol–water partition coefficient (Wildman–Crippen LogP) is 0.774. The molecule has 4 heteroatoms. The van der Waals surface area contributed by atoms with Crippen molar-refractivity contribution in [2.45, 2.75) is 24.8 Å². The molecule has 0 saturated carbocycles. The SMILES string of the molecule is COC(=O)CC1(N)CCSCC1. The van der Waals surface area contributed by atoms with E-state index in [1.165, 1.54) is 7.11 Å². The minimum atomic E-state index is -0.293. The van der Waals surface area contributed by atoms with Gasteiger partial charge in [0.1, 0.15) is 0 Å². The first-order valence-corrected chi connectivity index (χ1v) is 5.25. The summed E-state index contributed by atoms with van der Waals surface area (Å²) in [6.07, 6.45) is 2.21. The van der Waals surface area contributed by atoms with Gasteiger partial charge in [-0.25, -0.2) is 0 Å². The van der Waals surface area contributed by atoms with E-state index in [0.29, 0.717) is 6.42 Å². The van der Waals surface area contributed by atoms with Crippen molar-refractivity contribution in [2.24, 2.45) is 5.73 Å². The van der Waals surface area contributed by atoms with Crippen LogP contribution in [0.2, 0.25) is 0 Å². The molecular formula is C8H15NO2S. The molecule has 70 valence electrons. The lowest BCUT2D eigenvalue weighted by molar-refractivity contribution is -0.142. The van der Waals surface area contributed by atoms with Gasteiger partial charge < -0.3 is 10.5 Å². The van der Waals surface area contributed by atoms with E-state index in [-0.39, 0.29) is 11.5 Å². The van der Waals surface area contributed by atoms with Gasteiger partial charge in [0.05, 0.1) is 13.5 Å². The van der Waals surface area contributed by atoms with Crippen LogP contribution in [0, 0.1) is 0 Å². The molecule has 3 nitrogen and oxygen atoms in total. The highest BCUT2D eigenvalue weighted by atomic mass is 32.2. The molecule has 1 aliphatic heterocycles. The van der Waals surface area contributed by atoms with Gasteiger partial charge in [0.15, 0.2) is 0 Å². The fraction of sp³-hybridized carbons (Fsp3) is 0.875. The normalized spacial score (nSPS) is 21.8. The van der Waals surface area contributed by atoms with Gasteiger partial charge in [0, 0.05) is 5.54 Å². The average molecular weight is 189 g/mol. The molecule has 0 spiro atoms. The highest BCUT2D eigenvalue weighted by molar-refractivity contribution is 7.99. The second-order valence-electron chi connectivity index (χ2n) is 3.23. The Balaban J connectivity index is 2.41. The van der Waals surface area contributed by atoms with Crippen LogP contribution in [0.3, 0.4) is 0 Å². The van der Waals surface area contributed by atoms with Crippen molar-refractivity contribution in [1.82, 2.24) is 0 Å². The van der Waals surface area contributed by atoms with Crippen LogP contribution in [-0.2, 0) is 9.53 Å². The van der Waals surface area contributed by atoms with Crippen LogP contribution in [0.1, 0.15) is 19.3 Å². The fourth-order valence-electron chi connectivity index (χ4n) is 1.31. The molecule has 0 radical (unpaired) electrons. The van der Waals surface area contributed by atoms with Crippen LogP contribution in [-0.4, -0.2) is 30.1 Å². The smallest absolute Gasteiger partial charge is 0.307 e. The topological polar surface area (TPSA) is 52.3 Å². The van der Waals surface area contributed by atoms with E-state index in [1.54, 1.807) is 0 Å². The van der Waals surface area contributed by atoms with E-state index in [1.807, 2.05) is 11.8 Å². The van der Waals surface area contributed by atoms with E-state index in [4.69, 9.17) is 5.73 Å². The lowest BCUT2D eigenvalue weighted by Gasteiger charge is -2.31. The van der Waals surface area contributed by atoms with Crippen molar-refractivity contribution in [1.29, 1.82) is 0 Å². The molecule has 0 unspecified atom stereocenters. The number of carbonyl (C=O) groups excluding carboxylic acids is 1. The number of ether oxygens (including phenoxy) is 1. The summed E-state index contributed by atoms with van der Waals surface area (Å²) in [4.78, 5) is 11.0. The maximum atomic E-state index is 11.0. The van der Waals surface area contributed by atoms with Crippen molar-refractivity contribution in [2.75, 3.05) is 18.6 Å². The van der Waals surface area contributed by atoms with Gasteiger partial charge in [-0.1, -0.05) is 0 Å². The second kappa shape index (κ2) is 4.14. The Labute approximate surface area is 77.0 Å². The highest BCUT2D eigenvalue weighted by Gasteiger charge is 2.30. The van der Waals surface area contributed by atoms with Gasteiger partial charge >= 0.3 is 5.97 Å². The van der Waals surface area contributed by atoms with E-state index >= 15 is 0 Å². The third kappa shape index (κ3) is 2.68. The van der Waals surface area contributed by atoms with E-state index in [9.17, 15) is 4.79 Å². The molecule has 0 bridgehead atoms. The van der Waals surface area contributed by atoms with Gasteiger partial charge in [0.25, 0.3) is 0 Å². The minimum absolute atomic E-state index is 0.190. The minimum Gasteiger partial charge on any atom is -0.469 e. The first-order chi connectivity index (χ1) is 5.66. The number of hydrogen-bond acceptors (Lipinski definition) is 4. The van der Waals surface area contributed by atoms with Gasteiger partial charge in [-0.2, -0.15) is 11.8 Å². The maximum absolute atomic E-state index is 11.0. The third-order valence-corrected chi connectivity index (χ3v) is 3.20. The Morgan fingerprint density at radius 3 is 2.67 bits per heavy atom. The summed E-state index contributed by atoms with van der Waals surface area (Å²) in [6.45, 7) is 0. The fourth-order valence-corrected chi connectivity index (χ4v) is 2.62. The zero-order chi connectivity index (χ0) is 9.03. The number of nitrogens with two attached hydrogens (primary N) is 1. The molecule has 0 amide bonds. The van der Waals surface area contributed by atoms with Crippen LogP contribution in [0.25, 0.3) is 0 Å². The molecular weight excluding hydrogens is 174 g/mol. The lowest BCUT2D eigenvalue weighted by Crippen LogP contribution is -2.45. The third-order valence-electron chi connectivity index (χ3n) is 2.21. The summed E-state index contributed by atoms with van der Waals surface area (Å²) in [5.74, 6) is 1.94. The van der Waals surface area contributed by atoms with E-state index in [2.05, 4.69) is 4.74 Å². The molecule has 2 N–H and O–H groups in total. The van der Waals surface area contributed by atoms with Gasteiger partial charge in [0.2, 0.25) is 0 Å². The largest absolute Gasteiger partial charge is 0.469 e. The van der Waals surface area contributed by atoms with Gasteiger partial charge in [-0.05, 0) is 24.3 Å². The monoisotopic (exact) mass is 189 g/mol. The standard InChI is InChI=1S/C8H15NO2S/c1-11-7(10)6-8(9)2-4-12-5-3-8/h2-6,9H2,1H3. The molecule has 0 aromatic rings. The number of carbonyl (C=O) groups is 1. The zero-order valence-electron chi connectivity index (χ0n) is 7.34. The first kappa shape index (κ1) is 9.86. The van der Waals surface area contributed by atoms with Crippen LogP contribution in [0.15, 0.2) is 0 Å². The number of methoxy groups -OCH3 is 1. The Morgan fingerprint density at radius 1 is 1.58 bits per heavy atom. The molecule has 1 saturated heterocycles. The Bertz CT molecular complexity index is 166. The van der Waals surface area contributed by atoms with Crippen molar-refractivity contribution in [3.63, 3.8) is 0 Å². The summed E-state index contributed by atoms with van der Waals surface area (Å²) >= 11 is 1.90. The molecule has 0 aromatic heterocycles. The van der Waals surface area contributed by atoms with Crippen LogP contribution >= 0.6 is 11.8 Å². The van der Waals surface area contributed by atoms with E-state index < -0.39 is 0 Å². The molecule has 1 aliphatic rings. The van der Waals surface area contributed by atoms with Crippen molar-refractivity contribution in [3.05, 3.63) is 0 Å². The quantitative estimate of drug-likeness (QED) is 0.652. The highest BCUT2D eigenvalue weighted by Crippen LogP contribution is 2.27. The van der Waals surface area contributed by atoms with Crippen molar-refractivity contribution >= 4 is 17.7 Å². The summed E-state index contributed by atoms with van der Waals surface area (Å²) in [5, 5.41) is 0. The molecule has 0 aliphatic carbocycles. The Morgan fingerprint density at radius 2 is 2.17 bits per heavy atom. The Hall–Kier alpha value is -0.220.